The zero-order valence-corrected chi connectivity index (χ0v) is 10.5. The summed E-state index contributed by atoms with van der Waals surface area (Å²) in [7, 11) is 3.31. The van der Waals surface area contributed by atoms with Crippen molar-refractivity contribution >= 4 is 11.4 Å². The average Bonchev–Trinajstić information content (AvgIpc) is 2.34. The molecule has 0 atom stereocenters. The zero-order valence-electron chi connectivity index (χ0n) is 10.5. The van der Waals surface area contributed by atoms with E-state index in [1.807, 2.05) is 0 Å². The number of anilines is 1. The van der Waals surface area contributed by atoms with Crippen LogP contribution in [0.2, 0.25) is 0 Å². The first-order valence-electron chi connectivity index (χ1n) is 5.48. The number of alkyl halides is 3. The summed E-state index contributed by atoms with van der Waals surface area (Å²) in [5, 5.41) is 13.7. The van der Waals surface area contributed by atoms with Gasteiger partial charge in [-0.15, -0.1) is 0 Å². The van der Waals surface area contributed by atoms with Crippen LogP contribution < -0.4 is 10.2 Å². The molecule has 0 aromatic heterocycles. The summed E-state index contributed by atoms with van der Waals surface area (Å²) in [5.74, 6) is 0. The highest BCUT2D eigenvalue weighted by Gasteiger charge is 2.33. The fourth-order valence-corrected chi connectivity index (χ4v) is 1.57. The molecule has 1 aromatic rings. The van der Waals surface area contributed by atoms with Gasteiger partial charge < -0.3 is 10.2 Å². The fraction of sp³-hybridized carbons (Fsp3) is 0.455. The summed E-state index contributed by atoms with van der Waals surface area (Å²) in [6.07, 6.45) is -4.59. The Bertz CT molecular complexity index is 463. The lowest BCUT2D eigenvalue weighted by Gasteiger charge is -2.19. The van der Waals surface area contributed by atoms with Crippen LogP contribution in [-0.2, 0) is 6.18 Å². The second-order valence-electron chi connectivity index (χ2n) is 3.98. The van der Waals surface area contributed by atoms with Crippen LogP contribution in [0.25, 0.3) is 0 Å². The van der Waals surface area contributed by atoms with Crippen LogP contribution in [0.1, 0.15) is 5.56 Å². The molecule has 0 aliphatic rings. The van der Waals surface area contributed by atoms with Gasteiger partial charge in [0.1, 0.15) is 5.69 Å². The van der Waals surface area contributed by atoms with Crippen molar-refractivity contribution in [2.24, 2.45) is 0 Å². The van der Waals surface area contributed by atoms with Gasteiger partial charge in [-0.3, -0.25) is 10.1 Å². The molecule has 0 aliphatic carbocycles. The number of hydrogen-bond donors (Lipinski definition) is 1. The number of nitro benzene ring substituents is 1. The molecule has 19 heavy (non-hydrogen) atoms. The molecule has 0 bridgehead atoms. The highest BCUT2D eigenvalue weighted by Crippen LogP contribution is 2.35. The maximum atomic E-state index is 12.5. The van der Waals surface area contributed by atoms with Crippen molar-refractivity contribution in [2.75, 3.05) is 32.1 Å². The number of rotatable bonds is 5. The number of benzene rings is 1. The third kappa shape index (κ3) is 3.82. The van der Waals surface area contributed by atoms with Crippen molar-refractivity contribution in [2.45, 2.75) is 6.18 Å². The van der Waals surface area contributed by atoms with Gasteiger partial charge in [-0.2, -0.15) is 13.2 Å². The second kappa shape index (κ2) is 5.87. The SMILES string of the molecule is CNCCN(C)c1ccc(C(F)(F)F)cc1[N+](=O)[O-]. The molecule has 1 aromatic carbocycles. The molecule has 0 spiro atoms. The number of hydrogen-bond acceptors (Lipinski definition) is 4. The molecular formula is C11H14F3N3O2. The van der Waals surface area contributed by atoms with Crippen LogP contribution in [0.15, 0.2) is 18.2 Å². The third-order valence-corrected chi connectivity index (χ3v) is 2.61. The van der Waals surface area contributed by atoms with Gasteiger partial charge in [0.15, 0.2) is 0 Å². The maximum Gasteiger partial charge on any atom is 0.416 e. The monoisotopic (exact) mass is 277 g/mol. The number of likely N-dealkylation sites (N-methyl/N-ethyl adjacent to an activating group) is 2. The van der Waals surface area contributed by atoms with Gasteiger partial charge in [-0.05, 0) is 19.2 Å². The van der Waals surface area contributed by atoms with Gasteiger partial charge in [-0.25, -0.2) is 0 Å². The van der Waals surface area contributed by atoms with E-state index in [1.165, 1.54) is 4.90 Å². The van der Waals surface area contributed by atoms with E-state index in [0.29, 0.717) is 19.2 Å². The molecular weight excluding hydrogens is 263 g/mol. The number of nitrogens with one attached hydrogen (secondary N) is 1. The largest absolute Gasteiger partial charge is 0.416 e. The fourth-order valence-electron chi connectivity index (χ4n) is 1.57. The molecule has 0 amide bonds. The lowest BCUT2D eigenvalue weighted by atomic mass is 10.1. The Kier molecular flexibility index (Phi) is 4.71. The predicted octanol–water partition coefficient (Wildman–Crippen LogP) is 2.27. The molecule has 0 heterocycles. The summed E-state index contributed by atoms with van der Waals surface area (Å²) < 4.78 is 37.6. The van der Waals surface area contributed by atoms with E-state index in [1.54, 1.807) is 14.1 Å². The van der Waals surface area contributed by atoms with Crippen molar-refractivity contribution in [3.63, 3.8) is 0 Å². The number of nitrogens with zero attached hydrogens (tertiary/aromatic N) is 2. The van der Waals surface area contributed by atoms with E-state index in [2.05, 4.69) is 5.32 Å². The molecule has 0 unspecified atom stereocenters. The van der Waals surface area contributed by atoms with Crippen molar-refractivity contribution in [1.82, 2.24) is 5.32 Å². The summed E-state index contributed by atoms with van der Waals surface area (Å²) in [4.78, 5) is 11.6. The standard InChI is InChI=1S/C11H14F3N3O2/c1-15-5-6-16(2)9-4-3-8(11(12,13)14)7-10(9)17(18)19/h3-4,7,15H,5-6H2,1-2H3. The highest BCUT2D eigenvalue weighted by atomic mass is 19.4. The molecule has 0 fully saturated rings. The Hall–Kier alpha value is -1.83. The van der Waals surface area contributed by atoms with E-state index < -0.39 is 22.4 Å². The molecule has 106 valence electrons. The smallest absolute Gasteiger partial charge is 0.368 e. The number of halogens is 3. The third-order valence-electron chi connectivity index (χ3n) is 2.61. The lowest BCUT2D eigenvalue weighted by Crippen LogP contribution is -2.27. The Morgan fingerprint density at radius 2 is 2.05 bits per heavy atom. The maximum absolute atomic E-state index is 12.5. The van der Waals surface area contributed by atoms with E-state index in [-0.39, 0.29) is 5.69 Å². The molecule has 8 heteroatoms. The van der Waals surface area contributed by atoms with E-state index in [9.17, 15) is 23.3 Å². The van der Waals surface area contributed by atoms with Crippen LogP contribution in [0.5, 0.6) is 0 Å². The van der Waals surface area contributed by atoms with E-state index in [4.69, 9.17) is 0 Å². The van der Waals surface area contributed by atoms with Crippen molar-refractivity contribution in [3.8, 4) is 0 Å². The number of nitro groups is 1. The molecule has 1 N–H and O–H groups in total. The summed E-state index contributed by atoms with van der Waals surface area (Å²) in [6, 6.07) is 2.53. The first kappa shape index (κ1) is 15.2. The van der Waals surface area contributed by atoms with Gasteiger partial charge in [0, 0.05) is 26.2 Å². The van der Waals surface area contributed by atoms with Crippen LogP contribution in [0.4, 0.5) is 24.5 Å². The minimum absolute atomic E-state index is 0.160. The van der Waals surface area contributed by atoms with Gasteiger partial charge in [0.2, 0.25) is 0 Å². The Morgan fingerprint density at radius 1 is 1.42 bits per heavy atom. The van der Waals surface area contributed by atoms with Crippen molar-refractivity contribution < 1.29 is 18.1 Å². The highest BCUT2D eigenvalue weighted by molar-refractivity contribution is 5.64. The van der Waals surface area contributed by atoms with Gasteiger partial charge in [0.05, 0.1) is 10.5 Å². The Labute approximate surface area is 108 Å². The van der Waals surface area contributed by atoms with Crippen LogP contribution >= 0.6 is 0 Å². The first-order valence-corrected chi connectivity index (χ1v) is 5.48. The molecule has 0 saturated heterocycles. The summed E-state index contributed by atoms with van der Waals surface area (Å²) in [6.45, 7) is 1.01. The van der Waals surface area contributed by atoms with Crippen molar-refractivity contribution in [1.29, 1.82) is 0 Å². The quantitative estimate of drug-likeness (QED) is 0.662. The van der Waals surface area contributed by atoms with Gasteiger partial charge >= 0.3 is 6.18 Å². The van der Waals surface area contributed by atoms with E-state index >= 15 is 0 Å². The minimum Gasteiger partial charge on any atom is -0.368 e. The van der Waals surface area contributed by atoms with Gasteiger partial charge in [-0.1, -0.05) is 0 Å². The van der Waals surface area contributed by atoms with Crippen LogP contribution in [-0.4, -0.2) is 32.1 Å². The second-order valence-corrected chi connectivity index (χ2v) is 3.98. The first-order chi connectivity index (χ1) is 8.77. The summed E-state index contributed by atoms with van der Waals surface area (Å²) in [5.41, 5.74) is -1.41. The predicted molar refractivity (Wildman–Crippen MR) is 65.3 cm³/mol. The average molecular weight is 277 g/mol. The molecule has 0 saturated carbocycles. The summed E-state index contributed by atoms with van der Waals surface area (Å²) >= 11 is 0. The molecule has 0 radical (unpaired) electrons. The van der Waals surface area contributed by atoms with Crippen LogP contribution in [0, 0.1) is 10.1 Å². The Balaban J connectivity index is 3.15. The zero-order chi connectivity index (χ0) is 14.6. The van der Waals surface area contributed by atoms with Gasteiger partial charge in [0.25, 0.3) is 5.69 Å². The minimum atomic E-state index is -4.59. The normalized spacial score (nSPS) is 11.4. The Morgan fingerprint density at radius 3 is 2.53 bits per heavy atom. The molecule has 1 rings (SSSR count). The lowest BCUT2D eigenvalue weighted by molar-refractivity contribution is -0.384. The van der Waals surface area contributed by atoms with Crippen LogP contribution in [0.3, 0.4) is 0 Å². The topological polar surface area (TPSA) is 58.4 Å². The molecule has 5 nitrogen and oxygen atoms in total. The van der Waals surface area contributed by atoms with E-state index in [0.717, 1.165) is 12.1 Å². The van der Waals surface area contributed by atoms with Crippen molar-refractivity contribution in [3.05, 3.63) is 33.9 Å². The molecule has 0 aliphatic heterocycles.